The van der Waals surface area contributed by atoms with Crippen LogP contribution in [-0.4, -0.2) is 94.9 Å². The Bertz CT molecular complexity index is 2010. The van der Waals surface area contributed by atoms with Crippen LogP contribution in [0.5, 0.6) is 0 Å². The van der Waals surface area contributed by atoms with Crippen LogP contribution in [-0.2, 0) is 19.1 Å². The molecule has 6 atom stereocenters. The number of H-pyrrole nitrogens is 1. The van der Waals surface area contributed by atoms with E-state index < -0.39 is 12.2 Å². The van der Waals surface area contributed by atoms with E-state index in [-0.39, 0.29) is 47.8 Å². The molecule has 3 N–H and O–H groups in total. The van der Waals surface area contributed by atoms with Gasteiger partial charge in [-0.1, -0.05) is 48.5 Å². The van der Waals surface area contributed by atoms with Gasteiger partial charge < -0.3 is 34.9 Å². The molecule has 1 aromatic heterocycles. The molecule has 4 amide bonds. The molecule has 2 aliphatic carbocycles. The predicted molar refractivity (Wildman–Crippen MR) is 211 cm³/mol. The van der Waals surface area contributed by atoms with Crippen LogP contribution in [0, 0.1) is 11.8 Å². The summed E-state index contributed by atoms with van der Waals surface area (Å²) in [6, 6.07) is 16.9. The lowest BCUT2D eigenvalue weighted by atomic mass is 9.96. The maximum atomic E-state index is 13.6. The molecule has 56 heavy (non-hydrogen) atoms. The molecule has 4 heterocycles. The number of aromatic nitrogens is 2. The summed E-state index contributed by atoms with van der Waals surface area (Å²) in [5.41, 5.74) is 7.51. The first kappa shape index (κ1) is 37.5. The largest absolute Gasteiger partial charge is 0.453 e. The van der Waals surface area contributed by atoms with Crippen LogP contribution in [0.1, 0.15) is 88.1 Å². The van der Waals surface area contributed by atoms with Gasteiger partial charge >= 0.3 is 12.2 Å². The minimum absolute atomic E-state index is 0.0232. The number of carbonyl (C=O) groups is 4. The number of imidazole rings is 1. The van der Waals surface area contributed by atoms with Gasteiger partial charge in [0.25, 0.3) is 0 Å². The Morgan fingerprint density at radius 1 is 0.679 bits per heavy atom. The Balaban J connectivity index is 0.849. The van der Waals surface area contributed by atoms with Crippen molar-refractivity contribution < 1.29 is 28.7 Å². The molecule has 13 heteroatoms. The number of likely N-dealkylation sites (tertiary alicyclic amines) is 2. The van der Waals surface area contributed by atoms with E-state index in [1.165, 1.54) is 14.2 Å². The van der Waals surface area contributed by atoms with Gasteiger partial charge in [0.15, 0.2) is 0 Å². The fraction of sp³-hybridized carbons (Fsp3) is 0.488. The zero-order chi connectivity index (χ0) is 38.8. The van der Waals surface area contributed by atoms with Crippen LogP contribution in [0.2, 0.25) is 0 Å². The van der Waals surface area contributed by atoms with Crippen LogP contribution in [0.4, 0.5) is 9.59 Å². The van der Waals surface area contributed by atoms with E-state index in [9.17, 15) is 19.2 Å². The molecule has 2 saturated carbocycles. The number of hydrogen-bond donors (Lipinski definition) is 3. The maximum absolute atomic E-state index is 13.6. The van der Waals surface area contributed by atoms with E-state index in [4.69, 9.17) is 19.5 Å². The summed E-state index contributed by atoms with van der Waals surface area (Å²) >= 11 is 0. The number of allylic oxidation sites excluding steroid dienone is 1. The van der Waals surface area contributed by atoms with Crippen LogP contribution < -0.4 is 10.6 Å². The molecule has 2 aromatic carbocycles. The quantitative estimate of drug-likeness (QED) is 0.221. The van der Waals surface area contributed by atoms with Crippen molar-refractivity contribution in [1.82, 2.24) is 30.4 Å². The van der Waals surface area contributed by atoms with Gasteiger partial charge in [0, 0.05) is 55.3 Å². The highest BCUT2D eigenvalue weighted by atomic mass is 16.5. The van der Waals surface area contributed by atoms with Gasteiger partial charge in [-0.25, -0.2) is 14.6 Å². The summed E-state index contributed by atoms with van der Waals surface area (Å²) in [5.74, 6) is 0.947. The number of alkyl carbamates (subject to hydrolysis) is 2. The van der Waals surface area contributed by atoms with E-state index in [0.29, 0.717) is 19.4 Å². The maximum Gasteiger partial charge on any atom is 0.407 e. The normalized spacial score (nSPS) is 25.9. The van der Waals surface area contributed by atoms with Crippen LogP contribution in [0.25, 0.3) is 28.0 Å². The monoisotopic (exact) mass is 761 g/mol. The number of methoxy groups -OCH3 is 2. The number of rotatable bonds is 9. The van der Waals surface area contributed by atoms with E-state index >= 15 is 0 Å². The van der Waals surface area contributed by atoms with Crippen molar-refractivity contribution in [3.05, 3.63) is 72.3 Å². The summed E-state index contributed by atoms with van der Waals surface area (Å²) < 4.78 is 9.48. The van der Waals surface area contributed by atoms with Crippen LogP contribution >= 0.6 is 0 Å². The molecule has 3 aliphatic heterocycles. The number of aromatic amines is 1. The van der Waals surface area contributed by atoms with Crippen molar-refractivity contribution in [3.63, 3.8) is 0 Å². The van der Waals surface area contributed by atoms with Crippen molar-refractivity contribution in [2.75, 3.05) is 27.3 Å². The minimum Gasteiger partial charge on any atom is -0.453 e. The molecule has 0 bridgehead atoms. The van der Waals surface area contributed by atoms with E-state index in [1.807, 2.05) is 22.2 Å². The van der Waals surface area contributed by atoms with Crippen molar-refractivity contribution in [3.8, 4) is 22.4 Å². The second-order valence-corrected chi connectivity index (χ2v) is 15.9. The third kappa shape index (κ3) is 7.81. The highest BCUT2D eigenvalue weighted by Gasteiger charge is 2.41. The summed E-state index contributed by atoms with van der Waals surface area (Å²) in [6.07, 6.45) is 11.7. The van der Waals surface area contributed by atoms with E-state index in [1.54, 1.807) is 0 Å². The number of carbonyl (C=O) groups excluding carboxylic acids is 4. The smallest absolute Gasteiger partial charge is 0.407 e. The number of ether oxygens (including phenoxy) is 2. The lowest BCUT2D eigenvalue weighted by Gasteiger charge is -2.28. The highest BCUT2D eigenvalue weighted by molar-refractivity contribution is 6.03. The van der Waals surface area contributed by atoms with Crippen molar-refractivity contribution in [1.29, 1.82) is 0 Å². The number of benzene rings is 2. The summed E-state index contributed by atoms with van der Waals surface area (Å²) in [6.45, 7) is 1.46. The molecule has 3 aromatic rings. The fourth-order valence-corrected chi connectivity index (χ4v) is 9.49. The number of amides is 4. The molecule has 2 saturated heterocycles. The van der Waals surface area contributed by atoms with Crippen LogP contribution in [0.15, 0.2) is 65.9 Å². The Morgan fingerprint density at radius 3 is 1.77 bits per heavy atom. The molecule has 13 nitrogen and oxygen atoms in total. The molecule has 5 aliphatic rings. The average Bonchev–Trinajstić information content (AvgIpc) is 4.08. The average molecular weight is 762 g/mol. The van der Waals surface area contributed by atoms with Crippen molar-refractivity contribution in [2.24, 2.45) is 16.8 Å². The van der Waals surface area contributed by atoms with Gasteiger partial charge in [0.05, 0.1) is 38.2 Å². The van der Waals surface area contributed by atoms with Gasteiger partial charge in [-0.2, -0.15) is 0 Å². The Morgan fingerprint density at radius 2 is 1.20 bits per heavy atom. The van der Waals surface area contributed by atoms with Gasteiger partial charge in [0.1, 0.15) is 5.82 Å². The van der Waals surface area contributed by atoms with Gasteiger partial charge in [-0.3, -0.25) is 14.6 Å². The number of hydrogen-bond acceptors (Lipinski definition) is 8. The Labute approximate surface area is 327 Å². The lowest BCUT2D eigenvalue weighted by Crippen LogP contribution is -2.43. The van der Waals surface area contributed by atoms with Crippen LogP contribution in [0.3, 0.4) is 0 Å². The minimum atomic E-state index is -0.450. The fourth-order valence-electron chi connectivity index (χ4n) is 9.49. The van der Waals surface area contributed by atoms with Crippen molar-refractivity contribution in [2.45, 2.75) is 94.8 Å². The molecule has 2 unspecified atom stereocenters. The lowest BCUT2D eigenvalue weighted by molar-refractivity contribution is -0.136. The summed E-state index contributed by atoms with van der Waals surface area (Å²) in [4.78, 5) is 67.6. The van der Waals surface area contributed by atoms with Gasteiger partial charge in [-0.05, 0) is 92.0 Å². The van der Waals surface area contributed by atoms with Crippen molar-refractivity contribution >= 4 is 35.3 Å². The molecular formula is C43H51N7O6. The van der Waals surface area contributed by atoms with E-state index in [0.717, 1.165) is 109 Å². The second-order valence-electron chi connectivity index (χ2n) is 15.9. The van der Waals surface area contributed by atoms with Gasteiger partial charge in [0.2, 0.25) is 11.8 Å². The number of aliphatic imine (C=N–C) groups is 1. The Kier molecular flexibility index (Phi) is 10.9. The standard InChI is InChI=1S/C43H51N7O6/c1-55-42(53)46-33-17-15-30(21-33)40(51)49-19-3-5-37(49)35-23-32(24-44-35)28-9-7-26(8-10-28)27-11-13-29(14-12-27)36-25-45-39(48-36)38-6-4-20-50(38)41(52)31-16-18-34(22-31)47-43(54)56-2/h7-14,24-25,30-31,33-34,37-38H,3-6,15-23H2,1-2H3,(H,45,48)(H,46,53)(H,47,54)/t30?,31?,33-,34-,37-,38-/m0/s1. The molecule has 4 fully saturated rings. The topological polar surface area (TPSA) is 158 Å². The van der Waals surface area contributed by atoms with E-state index in [2.05, 4.69) is 64.1 Å². The third-order valence-electron chi connectivity index (χ3n) is 12.5. The molecule has 0 radical (unpaired) electrons. The number of nitrogens with one attached hydrogen (secondary N) is 3. The number of nitrogens with zero attached hydrogens (tertiary/aromatic N) is 4. The first-order valence-electron chi connectivity index (χ1n) is 20.1. The molecule has 294 valence electrons. The predicted octanol–water partition coefficient (Wildman–Crippen LogP) is 6.63. The molecular weight excluding hydrogens is 711 g/mol. The Hall–Kier alpha value is -5.46. The van der Waals surface area contributed by atoms with Gasteiger partial charge in [-0.15, -0.1) is 0 Å². The zero-order valence-electron chi connectivity index (χ0n) is 32.2. The second kappa shape index (κ2) is 16.3. The first-order valence-corrected chi connectivity index (χ1v) is 20.1. The molecule has 8 rings (SSSR count). The summed E-state index contributed by atoms with van der Waals surface area (Å²) in [7, 11) is 2.71. The molecule has 0 spiro atoms. The highest BCUT2D eigenvalue weighted by Crippen LogP contribution is 2.38. The summed E-state index contributed by atoms with van der Waals surface area (Å²) in [5, 5.41) is 5.70. The zero-order valence-corrected chi connectivity index (χ0v) is 32.2. The first-order chi connectivity index (χ1) is 27.3. The SMILES string of the molecule is COC(=O)N[C@H]1CCC(C(=O)N2CCC[C@H]2C2=NC=C(c3ccc(-c4ccc(-c5cnc([C@@H]6CCCN6C(=O)C6CC[C@H](NC(=O)OC)C6)[nH]5)cc4)cc3)C2)C1. The third-order valence-corrected chi connectivity index (χ3v) is 12.5.